The van der Waals surface area contributed by atoms with Crippen molar-refractivity contribution in [2.75, 3.05) is 18.0 Å². The summed E-state index contributed by atoms with van der Waals surface area (Å²) in [6.45, 7) is 1.70. The number of anilines is 1. The summed E-state index contributed by atoms with van der Waals surface area (Å²) in [4.78, 5) is 10.7. The molecule has 3 aromatic rings. The smallest absolute Gasteiger partial charge is 0.245 e. The Balaban J connectivity index is 1.71. The van der Waals surface area contributed by atoms with Crippen molar-refractivity contribution in [1.82, 2.24) is 29.8 Å². The minimum absolute atomic E-state index is 0.207. The van der Waals surface area contributed by atoms with Crippen LogP contribution in [0.5, 0.6) is 0 Å². The number of H-pyrrole nitrogens is 1. The second-order valence-corrected chi connectivity index (χ2v) is 4.94. The summed E-state index contributed by atoms with van der Waals surface area (Å²) in [6, 6.07) is 0.207. The zero-order valence-corrected chi connectivity index (χ0v) is 10.8. The van der Waals surface area contributed by atoms with Gasteiger partial charge in [0.2, 0.25) is 5.95 Å². The van der Waals surface area contributed by atoms with Gasteiger partial charge in [0.15, 0.2) is 5.82 Å². The number of aromatic nitrogens is 6. The van der Waals surface area contributed by atoms with Crippen molar-refractivity contribution >= 4 is 11.5 Å². The number of hydrogen-bond acceptors (Lipinski definition) is 6. The molecule has 0 amide bonds. The monoisotopic (exact) mass is 270 g/mol. The lowest BCUT2D eigenvalue weighted by Gasteiger charge is -2.11. The highest BCUT2D eigenvalue weighted by Crippen LogP contribution is 2.23. The fourth-order valence-electron chi connectivity index (χ4n) is 2.50. The van der Waals surface area contributed by atoms with Gasteiger partial charge in [-0.25, -0.2) is 4.52 Å². The van der Waals surface area contributed by atoms with Crippen LogP contribution in [0.4, 0.5) is 5.95 Å². The minimum Gasteiger partial charge on any atom is -0.338 e. The van der Waals surface area contributed by atoms with Gasteiger partial charge < -0.3 is 10.6 Å². The molecule has 3 aromatic heterocycles. The van der Waals surface area contributed by atoms with Crippen LogP contribution in [0.25, 0.3) is 16.9 Å². The Labute approximate surface area is 114 Å². The van der Waals surface area contributed by atoms with E-state index in [1.807, 2.05) is 0 Å². The number of nitrogens with two attached hydrogens (primary N) is 1. The molecule has 1 atom stereocenters. The molecule has 0 aliphatic carbocycles. The average Bonchev–Trinajstić information content (AvgIpc) is 3.15. The van der Waals surface area contributed by atoms with Crippen LogP contribution >= 0.6 is 0 Å². The predicted octanol–water partition coefficient (Wildman–Crippen LogP) is 0.0518. The molecule has 0 radical (unpaired) electrons. The number of fused-ring (bicyclic) bond motifs is 1. The number of nitrogens with one attached hydrogen (secondary N) is 1. The van der Waals surface area contributed by atoms with Gasteiger partial charge in [0.05, 0.1) is 23.5 Å². The fraction of sp³-hybridized carbons (Fsp3) is 0.333. The maximum absolute atomic E-state index is 5.91. The second-order valence-electron chi connectivity index (χ2n) is 4.94. The molecule has 102 valence electrons. The van der Waals surface area contributed by atoms with Crippen LogP contribution in [-0.2, 0) is 0 Å². The molecule has 1 unspecified atom stereocenters. The normalized spacial score (nSPS) is 19.1. The summed E-state index contributed by atoms with van der Waals surface area (Å²) in [5.74, 6) is 1.39. The SMILES string of the molecule is NC1CCN(c2n[nH]c(-c3cnn4ccncc34)n2)C1. The summed E-state index contributed by atoms with van der Waals surface area (Å²) >= 11 is 0. The molecule has 1 saturated heterocycles. The predicted molar refractivity (Wildman–Crippen MR) is 73.2 cm³/mol. The van der Waals surface area contributed by atoms with Gasteiger partial charge >= 0.3 is 0 Å². The fourth-order valence-corrected chi connectivity index (χ4v) is 2.50. The Morgan fingerprint density at radius 2 is 2.30 bits per heavy atom. The van der Waals surface area contributed by atoms with E-state index in [1.54, 1.807) is 29.3 Å². The summed E-state index contributed by atoms with van der Waals surface area (Å²) < 4.78 is 1.76. The molecule has 1 aliphatic heterocycles. The van der Waals surface area contributed by atoms with E-state index < -0.39 is 0 Å². The largest absolute Gasteiger partial charge is 0.338 e. The molecule has 1 aliphatic rings. The van der Waals surface area contributed by atoms with E-state index in [1.165, 1.54) is 0 Å². The van der Waals surface area contributed by atoms with Gasteiger partial charge in [-0.2, -0.15) is 10.1 Å². The van der Waals surface area contributed by atoms with Crippen LogP contribution < -0.4 is 10.6 Å². The van der Waals surface area contributed by atoms with Crippen molar-refractivity contribution in [2.45, 2.75) is 12.5 Å². The zero-order chi connectivity index (χ0) is 13.5. The quantitative estimate of drug-likeness (QED) is 0.682. The Kier molecular flexibility index (Phi) is 2.43. The summed E-state index contributed by atoms with van der Waals surface area (Å²) in [7, 11) is 0. The van der Waals surface area contributed by atoms with Gasteiger partial charge in [-0.3, -0.25) is 10.1 Å². The first kappa shape index (κ1) is 11.4. The highest BCUT2D eigenvalue weighted by molar-refractivity contribution is 5.75. The van der Waals surface area contributed by atoms with Crippen LogP contribution in [0.3, 0.4) is 0 Å². The van der Waals surface area contributed by atoms with Crippen molar-refractivity contribution in [2.24, 2.45) is 5.73 Å². The lowest BCUT2D eigenvalue weighted by molar-refractivity contribution is 0.750. The third-order valence-corrected chi connectivity index (χ3v) is 3.56. The van der Waals surface area contributed by atoms with Crippen molar-refractivity contribution in [3.8, 4) is 11.4 Å². The van der Waals surface area contributed by atoms with E-state index in [4.69, 9.17) is 5.73 Å². The molecule has 3 N–H and O–H groups in total. The van der Waals surface area contributed by atoms with E-state index in [0.29, 0.717) is 11.8 Å². The lowest BCUT2D eigenvalue weighted by atomic mass is 10.3. The molecular formula is C12H14N8. The first-order valence-electron chi connectivity index (χ1n) is 6.52. The molecular weight excluding hydrogens is 256 g/mol. The van der Waals surface area contributed by atoms with Crippen LogP contribution in [0.15, 0.2) is 24.8 Å². The maximum atomic E-state index is 5.91. The Bertz CT molecular complexity index is 745. The Morgan fingerprint density at radius 3 is 3.15 bits per heavy atom. The number of hydrogen-bond donors (Lipinski definition) is 2. The Morgan fingerprint density at radius 1 is 1.35 bits per heavy atom. The highest BCUT2D eigenvalue weighted by atomic mass is 15.4. The first-order chi connectivity index (χ1) is 9.81. The molecule has 0 spiro atoms. The van der Waals surface area contributed by atoms with E-state index in [-0.39, 0.29) is 6.04 Å². The van der Waals surface area contributed by atoms with Crippen LogP contribution in [0.2, 0.25) is 0 Å². The van der Waals surface area contributed by atoms with Gasteiger partial charge in [0.1, 0.15) is 0 Å². The molecule has 0 aromatic carbocycles. The first-order valence-corrected chi connectivity index (χ1v) is 6.52. The van der Waals surface area contributed by atoms with Gasteiger partial charge in [-0.15, -0.1) is 5.10 Å². The molecule has 4 rings (SSSR count). The Hall–Kier alpha value is -2.48. The van der Waals surface area contributed by atoms with Crippen LogP contribution in [0, 0.1) is 0 Å². The topological polar surface area (TPSA) is 101 Å². The molecule has 0 bridgehead atoms. The molecule has 8 nitrogen and oxygen atoms in total. The highest BCUT2D eigenvalue weighted by Gasteiger charge is 2.23. The van der Waals surface area contributed by atoms with Crippen molar-refractivity contribution in [3.63, 3.8) is 0 Å². The van der Waals surface area contributed by atoms with Crippen molar-refractivity contribution in [3.05, 3.63) is 24.8 Å². The average molecular weight is 270 g/mol. The zero-order valence-electron chi connectivity index (χ0n) is 10.8. The third kappa shape index (κ3) is 1.73. The lowest BCUT2D eigenvalue weighted by Crippen LogP contribution is -2.26. The summed E-state index contributed by atoms with van der Waals surface area (Å²) in [5.41, 5.74) is 7.70. The van der Waals surface area contributed by atoms with Gasteiger partial charge in [0.25, 0.3) is 0 Å². The molecule has 4 heterocycles. The number of rotatable bonds is 2. The van der Waals surface area contributed by atoms with Crippen molar-refractivity contribution in [1.29, 1.82) is 0 Å². The van der Waals surface area contributed by atoms with Crippen LogP contribution in [0.1, 0.15) is 6.42 Å². The van der Waals surface area contributed by atoms with Crippen molar-refractivity contribution < 1.29 is 0 Å². The second kappa shape index (κ2) is 4.27. The van der Waals surface area contributed by atoms with E-state index in [0.717, 1.165) is 30.6 Å². The van der Waals surface area contributed by atoms with E-state index >= 15 is 0 Å². The minimum atomic E-state index is 0.207. The van der Waals surface area contributed by atoms with Gasteiger partial charge in [-0.05, 0) is 6.42 Å². The number of nitrogens with zero attached hydrogens (tertiary/aromatic N) is 6. The summed E-state index contributed by atoms with van der Waals surface area (Å²) in [5, 5.41) is 11.5. The molecule has 20 heavy (non-hydrogen) atoms. The van der Waals surface area contributed by atoms with Gasteiger partial charge in [-0.1, -0.05) is 0 Å². The molecule has 8 heteroatoms. The molecule has 0 saturated carbocycles. The molecule has 1 fully saturated rings. The number of aromatic amines is 1. The van der Waals surface area contributed by atoms with E-state index in [2.05, 4.69) is 30.2 Å². The maximum Gasteiger partial charge on any atom is 0.245 e. The van der Waals surface area contributed by atoms with Gasteiger partial charge in [0, 0.05) is 31.5 Å². The standard InChI is InChI=1S/C12H14N8/c13-8-1-3-19(7-8)12-16-11(17-18-12)9-5-15-20-4-2-14-6-10(9)20/h2,4-6,8H,1,3,7,13H2,(H,16,17,18). The van der Waals surface area contributed by atoms with Crippen LogP contribution in [-0.4, -0.2) is 48.9 Å². The van der Waals surface area contributed by atoms with E-state index in [9.17, 15) is 0 Å². The summed E-state index contributed by atoms with van der Waals surface area (Å²) in [6.07, 6.45) is 7.99. The third-order valence-electron chi connectivity index (χ3n) is 3.56.